The molecule has 1 rings (SSSR count). The van der Waals surface area contributed by atoms with Crippen molar-refractivity contribution >= 4 is 11.6 Å². The minimum atomic E-state index is 0.0399. The average molecular weight is 220 g/mol. The zero-order valence-corrected chi connectivity index (χ0v) is 10.5. The molecule has 0 unspecified atom stereocenters. The van der Waals surface area contributed by atoms with Gasteiger partial charge in [0.25, 0.3) is 0 Å². The number of aryl methyl sites for hydroxylation is 2. The molecule has 1 aromatic rings. The molecule has 0 spiro atoms. The van der Waals surface area contributed by atoms with E-state index in [1.807, 2.05) is 50.9 Å². The Morgan fingerprint density at radius 1 is 1.38 bits per heavy atom. The molecule has 0 heterocycles. The summed E-state index contributed by atoms with van der Waals surface area (Å²) in [6.45, 7) is 7.36. The number of likely N-dealkylation sites (N-methyl/N-ethyl adjacent to an activating group) is 1. The highest BCUT2D eigenvalue weighted by Gasteiger charge is 2.06. The Balaban J connectivity index is 2.65. The number of benzene rings is 1. The van der Waals surface area contributed by atoms with Crippen LogP contribution < -0.4 is 5.32 Å². The van der Waals surface area contributed by atoms with Gasteiger partial charge in [0.2, 0.25) is 5.91 Å². The van der Waals surface area contributed by atoms with Gasteiger partial charge in [-0.05, 0) is 44.6 Å². The van der Waals surface area contributed by atoms with Crippen molar-refractivity contribution in [3.63, 3.8) is 0 Å². The number of nitrogens with one attached hydrogen (secondary N) is 1. The van der Waals surface area contributed by atoms with Crippen molar-refractivity contribution in [3.8, 4) is 0 Å². The zero-order valence-electron chi connectivity index (χ0n) is 10.5. The predicted molar refractivity (Wildman–Crippen MR) is 67.7 cm³/mol. The van der Waals surface area contributed by atoms with Crippen molar-refractivity contribution in [1.29, 1.82) is 0 Å². The summed E-state index contributed by atoms with van der Waals surface area (Å²) in [7, 11) is 1.93. The van der Waals surface area contributed by atoms with Crippen LogP contribution in [0.5, 0.6) is 0 Å². The van der Waals surface area contributed by atoms with Crippen LogP contribution in [0.4, 0.5) is 5.69 Å². The molecule has 0 aromatic heterocycles. The van der Waals surface area contributed by atoms with Gasteiger partial charge in [0.1, 0.15) is 0 Å². The molecule has 0 bridgehead atoms. The lowest BCUT2D eigenvalue weighted by Crippen LogP contribution is -2.30. The van der Waals surface area contributed by atoms with E-state index in [9.17, 15) is 4.79 Å². The minimum absolute atomic E-state index is 0.0399. The molecule has 0 aliphatic carbocycles. The van der Waals surface area contributed by atoms with Crippen LogP contribution in [0.25, 0.3) is 0 Å². The van der Waals surface area contributed by atoms with Crippen molar-refractivity contribution < 1.29 is 4.79 Å². The lowest BCUT2D eigenvalue weighted by atomic mass is 10.1. The first-order chi connectivity index (χ1) is 7.52. The Morgan fingerprint density at radius 2 is 2.06 bits per heavy atom. The first-order valence-electron chi connectivity index (χ1n) is 5.58. The lowest BCUT2D eigenvalue weighted by Gasteiger charge is -2.14. The number of hydrogen-bond donors (Lipinski definition) is 1. The summed E-state index contributed by atoms with van der Waals surface area (Å²) in [6, 6.07) is 6.07. The molecule has 0 radical (unpaired) electrons. The van der Waals surface area contributed by atoms with Crippen molar-refractivity contribution in [2.45, 2.75) is 20.8 Å². The van der Waals surface area contributed by atoms with Gasteiger partial charge in [0, 0.05) is 5.69 Å². The van der Waals surface area contributed by atoms with Crippen LogP contribution in [0, 0.1) is 13.8 Å². The molecule has 0 saturated heterocycles. The molecule has 16 heavy (non-hydrogen) atoms. The number of rotatable bonds is 4. The van der Waals surface area contributed by atoms with Gasteiger partial charge in [-0.25, -0.2) is 0 Å². The maximum Gasteiger partial charge on any atom is 0.238 e. The van der Waals surface area contributed by atoms with Crippen LogP contribution >= 0.6 is 0 Å². The number of carbonyl (C=O) groups is 1. The first-order valence-corrected chi connectivity index (χ1v) is 5.58. The van der Waals surface area contributed by atoms with E-state index in [4.69, 9.17) is 0 Å². The average Bonchev–Trinajstić information content (AvgIpc) is 2.23. The molecule has 0 aliphatic heterocycles. The summed E-state index contributed by atoms with van der Waals surface area (Å²) < 4.78 is 0. The normalized spacial score (nSPS) is 10.6. The number of nitrogens with zero attached hydrogens (tertiary/aromatic N) is 1. The summed E-state index contributed by atoms with van der Waals surface area (Å²) in [5.74, 6) is 0.0399. The maximum atomic E-state index is 11.7. The number of hydrogen-bond acceptors (Lipinski definition) is 2. The summed E-state index contributed by atoms with van der Waals surface area (Å²) in [4.78, 5) is 13.7. The van der Waals surface area contributed by atoms with Crippen LogP contribution in [0.2, 0.25) is 0 Å². The molecular weight excluding hydrogens is 200 g/mol. The monoisotopic (exact) mass is 220 g/mol. The molecule has 3 nitrogen and oxygen atoms in total. The van der Waals surface area contributed by atoms with Crippen molar-refractivity contribution in [2.24, 2.45) is 0 Å². The Morgan fingerprint density at radius 3 is 2.69 bits per heavy atom. The topological polar surface area (TPSA) is 32.3 Å². The van der Waals surface area contributed by atoms with Crippen LogP contribution in [0.3, 0.4) is 0 Å². The predicted octanol–water partition coefficient (Wildman–Crippen LogP) is 2.19. The highest BCUT2D eigenvalue weighted by molar-refractivity contribution is 5.93. The van der Waals surface area contributed by atoms with Crippen LogP contribution in [0.15, 0.2) is 18.2 Å². The molecule has 0 aliphatic rings. The van der Waals surface area contributed by atoms with E-state index in [1.54, 1.807) is 0 Å². The Kier molecular flexibility index (Phi) is 4.50. The van der Waals surface area contributed by atoms with Gasteiger partial charge in [-0.2, -0.15) is 0 Å². The third kappa shape index (κ3) is 3.66. The molecule has 0 fully saturated rings. The van der Waals surface area contributed by atoms with E-state index in [-0.39, 0.29) is 5.91 Å². The molecular formula is C13H20N2O. The van der Waals surface area contributed by atoms with E-state index in [2.05, 4.69) is 5.32 Å². The van der Waals surface area contributed by atoms with Gasteiger partial charge >= 0.3 is 0 Å². The molecule has 1 amide bonds. The molecule has 1 N–H and O–H groups in total. The van der Waals surface area contributed by atoms with Crippen LogP contribution in [-0.2, 0) is 4.79 Å². The van der Waals surface area contributed by atoms with E-state index in [0.717, 1.165) is 23.4 Å². The van der Waals surface area contributed by atoms with Gasteiger partial charge in [0.05, 0.1) is 6.54 Å². The lowest BCUT2D eigenvalue weighted by molar-refractivity contribution is -0.117. The quantitative estimate of drug-likeness (QED) is 0.843. The molecule has 0 saturated carbocycles. The molecule has 0 atom stereocenters. The third-order valence-corrected chi connectivity index (χ3v) is 2.62. The summed E-state index contributed by atoms with van der Waals surface area (Å²) >= 11 is 0. The highest BCUT2D eigenvalue weighted by atomic mass is 16.2. The van der Waals surface area contributed by atoms with Gasteiger partial charge in [-0.1, -0.05) is 19.1 Å². The minimum Gasteiger partial charge on any atom is -0.325 e. The fourth-order valence-electron chi connectivity index (χ4n) is 1.42. The first kappa shape index (κ1) is 12.7. The van der Waals surface area contributed by atoms with Gasteiger partial charge in [0.15, 0.2) is 0 Å². The van der Waals surface area contributed by atoms with Gasteiger partial charge < -0.3 is 5.32 Å². The largest absolute Gasteiger partial charge is 0.325 e. The second kappa shape index (κ2) is 5.66. The van der Waals surface area contributed by atoms with Crippen molar-refractivity contribution in [2.75, 3.05) is 25.5 Å². The second-order valence-corrected chi connectivity index (χ2v) is 4.20. The van der Waals surface area contributed by atoms with Gasteiger partial charge in [-0.15, -0.1) is 0 Å². The van der Waals surface area contributed by atoms with Crippen molar-refractivity contribution in [3.05, 3.63) is 29.3 Å². The fraction of sp³-hybridized carbons (Fsp3) is 0.462. The van der Waals surface area contributed by atoms with E-state index in [0.29, 0.717) is 6.54 Å². The van der Waals surface area contributed by atoms with Crippen LogP contribution in [0.1, 0.15) is 18.1 Å². The zero-order chi connectivity index (χ0) is 12.1. The van der Waals surface area contributed by atoms with E-state index >= 15 is 0 Å². The SMILES string of the molecule is CCN(C)CC(=O)Nc1cc(C)ccc1C. The number of carbonyl (C=O) groups excluding carboxylic acids is 1. The number of anilines is 1. The highest BCUT2D eigenvalue weighted by Crippen LogP contribution is 2.16. The summed E-state index contributed by atoms with van der Waals surface area (Å²) in [5.41, 5.74) is 3.16. The number of amides is 1. The second-order valence-electron chi connectivity index (χ2n) is 4.20. The third-order valence-electron chi connectivity index (χ3n) is 2.62. The smallest absolute Gasteiger partial charge is 0.238 e. The van der Waals surface area contributed by atoms with Crippen LogP contribution in [-0.4, -0.2) is 30.9 Å². The van der Waals surface area contributed by atoms with Crippen molar-refractivity contribution in [1.82, 2.24) is 4.90 Å². The molecule has 3 heteroatoms. The summed E-state index contributed by atoms with van der Waals surface area (Å²) in [6.07, 6.45) is 0. The Labute approximate surface area is 97.5 Å². The Bertz CT molecular complexity index is 374. The molecule has 88 valence electrons. The Hall–Kier alpha value is -1.35. The van der Waals surface area contributed by atoms with E-state index < -0.39 is 0 Å². The van der Waals surface area contributed by atoms with Gasteiger partial charge in [-0.3, -0.25) is 9.69 Å². The van der Waals surface area contributed by atoms with E-state index in [1.165, 1.54) is 0 Å². The summed E-state index contributed by atoms with van der Waals surface area (Å²) in [5, 5.41) is 2.94. The fourth-order valence-corrected chi connectivity index (χ4v) is 1.42. The standard InChI is InChI=1S/C13H20N2O/c1-5-15(4)9-13(16)14-12-8-10(2)6-7-11(12)3/h6-8H,5,9H2,1-4H3,(H,14,16). The maximum absolute atomic E-state index is 11.7. The molecule has 1 aromatic carbocycles.